The average Bonchev–Trinajstić information content (AvgIpc) is 2.29. The van der Waals surface area contributed by atoms with E-state index in [0.29, 0.717) is 19.8 Å². The Morgan fingerprint density at radius 2 is 1.88 bits per heavy atom. The highest BCUT2D eigenvalue weighted by Gasteiger charge is 2.09. The molecule has 17 heavy (non-hydrogen) atoms. The van der Waals surface area contributed by atoms with Crippen LogP contribution in [0.1, 0.15) is 5.56 Å². The molecule has 0 saturated heterocycles. The first kappa shape index (κ1) is 14.6. The van der Waals surface area contributed by atoms with Crippen molar-refractivity contribution in [2.45, 2.75) is 5.75 Å². The summed E-state index contributed by atoms with van der Waals surface area (Å²) in [6.07, 6.45) is 0. The largest absolute Gasteiger partial charge is 0.379 e. The van der Waals surface area contributed by atoms with Crippen molar-refractivity contribution >= 4 is 26.0 Å². The molecule has 1 aromatic carbocycles. The van der Waals surface area contributed by atoms with E-state index in [-0.39, 0.29) is 5.75 Å². The van der Waals surface area contributed by atoms with Gasteiger partial charge in [-0.05, 0) is 5.56 Å². The maximum absolute atomic E-state index is 11.7. The van der Waals surface area contributed by atoms with E-state index >= 15 is 0 Å². The molecule has 1 aromatic rings. The third-order valence-electron chi connectivity index (χ3n) is 1.99. The van der Waals surface area contributed by atoms with Crippen LogP contribution in [0, 0.1) is 0 Å². The van der Waals surface area contributed by atoms with Gasteiger partial charge in [-0.3, -0.25) is 0 Å². The minimum absolute atomic E-state index is 0.00623. The number of nitrogens with one attached hydrogen (secondary N) is 1. The monoisotopic (exact) mass is 321 g/mol. The van der Waals surface area contributed by atoms with E-state index in [4.69, 9.17) is 4.74 Å². The minimum Gasteiger partial charge on any atom is -0.379 e. The predicted octanol–water partition coefficient (Wildman–Crippen LogP) is 1.52. The van der Waals surface area contributed by atoms with E-state index in [1.165, 1.54) is 0 Å². The van der Waals surface area contributed by atoms with Gasteiger partial charge in [0.15, 0.2) is 0 Å². The second-order valence-electron chi connectivity index (χ2n) is 3.44. The molecule has 0 atom stereocenters. The molecule has 6 heteroatoms. The van der Waals surface area contributed by atoms with E-state index in [1.807, 2.05) is 18.2 Å². The number of hydrogen-bond acceptors (Lipinski definition) is 3. The molecule has 0 bridgehead atoms. The Morgan fingerprint density at radius 1 is 1.18 bits per heavy atom. The Balaban J connectivity index is 2.32. The van der Waals surface area contributed by atoms with Crippen molar-refractivity contribution in [3.8, 4) is 0 Å². The molecule has 4 nitrogen and oxygen atoms in total. The number of alkyl halides is 1. The SMILES string of the molecule is O=S(=O)(Cc1ccccc1)NCCOCCBr. The molecule has 0 spiro atoms. The second-order valence-corrected chi connectivity index (χ2v) is 6.04. The van der Waals surface area contributed by atoms with Crippen LogP contribution in [0.2, 0.25) is 0 Å². The fourth-order valence-electron chi connectivity index (χ4n) is 1.27. The number of sulfonamides is 1. The molecule has 0 aromatic heterocycles. The highest BCUT2D eigenvalue weighted by molar-refractivity contribution is 9.09. The molecule has 1 rings (SSSR count). The molecule has 0 saturated carbocycles. The highest BCUT2D eigenvalue weighted by atomic mass is 79.9. The molecule has 0 fully saturated rings. The van der Waals surface area contributed by atoms with Crippen LogP contribution < -0.4 is 4.72 Å². The first-order valence-electron chi connectivity index (χ1n) is 5.29. The lowest BCUT2D eigenvalue weighted by molar-refractivity contribution is 0.156. The molecular weight excluding hydrogens is 306 g/mol. The molecule has 0 radical (unpaired) electrons. The molecule has 0 amide bonds. The van der Waals surface area contributed by atoms with Crippen LogP contribution in [0.15, 0.2) is 30.3 Å². The van der Waals surface area contributed by atoms with Crippen LogP contribution in [0.3, 0.4) is 0 Å². The summed E-state index contributed by atoms with van der Waals surface area (Å²) < 4.78 is 31.0. The Kier molecular flexibility index (Phi) is 6.72. The van der Waals surface area contributed by atoms with E-state index in [2.05, 4.69) is 20.7 Å². The third-order valence-corrected chi connectivity index (χ3v) is 3.67. The second kappa shape index (κ2) is 7.81. The number of hydrogen-bond donors (Lipinski definition) is 1. The van der Waals surface area contributed by atoms with Crippen LogP contribution >= 0.6 is 15.9 Å². The van der Waals surface area contributed by atoms with Crippen LogP contribution in [-0.2, 0) is 20.5 Å². The van der Waals surface area contributed by atoms with Crippen LogP contribution in [0.5, 0.6) is 0 Å². The van der Waals surface area contributed by atoms with Crippen molar-refractivity contribution in [3.63, 3.8) is 0 Å². The van der Waals surface area contributed by atoms with Crippen LogP contribution in [0.25, 0.3) is 0 Å². The lowest BCUT2D eigenvalue weighted by atomic mass is 10.2. The van der Waals surface area contributed by atoms with Gasteiger partial charge < -0.3 is 4.74 Å². The normalized spacial score (nSPS) is 11.6. The zero-order valence-electron chi connectivity index (χ0n) is 9.43. The first-order valence-corrected chi connectivity index (χ1v) is 8.06. The maximum Gasteiger partial charge on any atom is 0.215 e. The van der Waals surface area contributed by atoms with Crippen molar-refractivity contribution in [1.82, 2.24) is 4.72 Å². The Labute approximate surface area is 111 Å². The van der Waals surface area contributed by atoms with Gasteiger partial charge in [0.2, 0.25) is 10.0 Å². The minimum atomic E-state index is -3.26. The molecule has 0 unspecified atom stereocenters. The summed E-state index contributed by atoms with van der Waals surface area (Å²) in [5.41, 5.74) is 0.779. The van der Waals surface area contributed by atoms with Crippen molar-refractivity contribution < 1.29 is 13.2 Å². The van der Waals surface area contributed by atoms with Crippen molar-refractivity contribution in [3.05, 3.63) is 35.9 Å². The Morgan fingerprint density at radius 3 is 2.53 bits per heavy atom. The van der Waals surface area contributed by atoms with Gasteiger partial charge in [-0.25, -0.2) is 13.1 Å². The molecular formula is C11H16BrNO3S. The fourth-order valence-corrected chi connectivity index (χ4v) is 2.63. The summed E-state index contributed by atoms with van der Waals surface area (Å²) in [5, 5.41) is 0.754. The topological polar surface area (TPSA) is 55.4 Å². The van der Waals surface area contributed by atoms with Gasteiger partial charge >= 0.3 is 0 Å². The molecule has 0 heterocycles. The number of rotatable bonds is 8. The van der Waals surface area contributed by atoms with Gasteiger partial charge in [0.1, 0.15) is 0 Å². The van der Waals surface area contributed by atoms with Gasteiger partial charge in [-0.1, -0.05) is 46.3 Å². The highest BCUT2D eigenvalue weighted by Crippen LogP contribution is 2.03. The number of halogens is 1. The van der Waals surface area contributed by atoms with Gasteiger partial charge in [-0.2, -0.15) is 0 Å². The van der Waals surface area contributed by atoms with Crippen molar-refractivity contribution in [2.24, 2.45) is 0 Å². The van der Waals surface area contributed by atoms with Gasteiger partial charge in [0, 0.05) is 11.9 Å². The molecule has 0 aliphatic carbocycles. The predicted molar refractivity (Wildman–Crippen MR) is 71.7 cm³/mol. The number of ether oxygens (including phenoxy) is 1. The summed E-state index contributed by atoms with van der Waals surface area (Å²) >= 11 is 3.22. The summed E-state index contributed by atoms with van der Waals surface area (Å²) in [6, 6.07) is 9.09. The lowest BCUT2D eigenvalue weighted by Gasteiger charge is -2.06. The summed E-state index contributed by atoms with van der Waals surface area (Å²) in [7, 11) is -3.26. The van der Waals surface area contributed by atoms with Gasteiger partial charge in [-0.15, -0.1) is 0 Å². The van der Waals surface area contributed by atoms with Crippen molar-refractivity contribution in [2.75, 3.05) is 25.1 Å². The van der Waals surface area contributed by atoms with Crippen LogP contribution in [-0.4, -0.2) is 33.5 Å². The van der Waals surface area contributed by atoms with E-state index in [9.17, 15) is 8.42 Å². The zero-order chi connectivity index (χ0) is 12.6. The Bertz CT molecular complexity index is 408. The first-order chi connectivity index (χ1) is 8.14. The zero-order valence-corrected chi connectivity index (χ0v) is 11.8. The van der Waals surface area contributed by atoms with E-state index in [1.54, 1.807) is 12.1 Å². The molecule has 96 valence electrons. The van der Waals surface area contributed by atoms with E-state index in [0.717, 1.165) is 10.9 Å². The average molecular weight is 322 g/mol. The van der Waals surface area contributed by atoms with Gasteiger partial charge in [0.25, 0.3) is 0 Å². The smallest absolute Gasteiger partial charge is 0.215 e. The molecule has 0 aliphatic rings. The molecule has 1 N–H and O–H groups in total. The third kappa shape index (κ3) is 6.78. The Hall–Kier alpha value is -0.430. The standard InChI is InChI=1S/C11H16BrNO3S/c12-6-8-16-9-7-13-17(14,15)10-11-4-2-1-3-5-11/h1-5,13H,6-10H2. The van der Waals surface area contributed by atoms with E-state index < -0.39 is 10.0 Å². The summed E-state index contributed by atoms with van der Waals surface area (Å²) in [5.74, 6) is 0.00623. The fraction of sp³-hybridized carbons (Fsp3) is 0.455. The lowest BCUT2D eigenvalue weighted by Crippen LogP contribution is -2.28. The summed E-state index contributed by atoms with van der Waals surface area (Å²) in [4.78, 5) is 0. The maximum atomic E-state index is 11.7. The van der Waals surface area contributed by atoms with Crippen LogP contribution in [0.4, 0.5) is 0 Å². The summed E-state index contributed by atoms with van der Waals surface area (Å²) in [6.45, 7) is 1.28. The quantitative estimate of drug-likeness (QED) is 0.583. The van der Waals surface area contributed by atoms with Gasteiger partial charge in [0.05, 0.1) is 19.0 Å². The van der Waals surface area contributed by atoms with Crippen molar-refractivity contribution in [1.29, 1.82) is 0 Å². The molecule has 0 aliphatic heterocycles. The number of benzene rings is 1.